The lowest BCUT2D eigenvalue weighted by Gasteiger charge is -2.32. The predicted molar refractivity (Wildman–Crippen MR) is 157 cm³/mol. The third kappa shape index (κ3) is 7.28. The standard InChI is InChI=1S/C34H47NO3/c1-6-8-9-10-19-35-20-17-29(18-21-35)38-28-15-13-26(14-16-28)27-12-11-25(3)30(22-27)33-31(36)23-34(4,5)24-32(33)37-7-2/h11-16,22,29H,6-10,17-21,23-24H2,1-5H3. The van der Waals surface area contributed by atoms with Crippen LogP contribution >= 0.6 is 0 Å². The molecule has 0 spiro atoms. The molecule has 1 aliphatic carbocycles. The number of benzene rings is 2. The first-order valence-corrected chi connectivity index (χ1v) is 14.8. The van der Waals surface area contributed by atoms with E-state index in [-0.39, 0.29) is 11.2 Å². The lowest BCUT2D eigenvalue weighted by Crippen LogP contribution is -2.38. The lowest BCUT2D eigenvalue weighted by atomic mass is 9.74. The van der Waals surface area contributed by atoms with Crippen LogP contribution in [-0.4, -0.2) is 43.0 Å². The van der Waals surface area contributed by atoms with E-state index in [1.807, 2.05) is 6.92 Å². The highest BCUT2D eigenvalue weighted by molar-refractivity contribution is 6.22. The molecular formula is C34H47NO3. The zero-order valence-electron chi connectivity index (χ0n) is 24.3. The normalized spacial score (nSPS) is 18.6. The fourth-order valence-corrected chi connectivity index (χ4v) is 5.86. The SMILES string of the molecule is CCCCCCN1CCC(Oc2ccc(-c3ccc(C)c(C4=C(OCC)CC(C)(C)CC4=O)c3)cc2)CC1. The molecule has 2 aliphatic rings. The predicted octanol–water partition coefficient (Wildman–Crippen LogP) is 8.22. The molecule has 1 fully saturated rings. The maximum absolute atomic E-state index is 13.3. The van der Waals surface area contributed by atoms with E-state index in [0.717, 1.165) is 71.7 Å². The van der Waals surface area contributed by atoms with Gasteiger partial charge in [-0.1, -0.05) is 64.3 Å². The van der Waals surface area contributed by atoms with Crippen LogP contribution in [0.5, 0.6) is 5.75 Å². The van der Waals surface area contributed by atoms with Gasteiger partial charge >= 0.3 is 0 Å². The number of hydrogen-bond acceptors (Lipinski definition) is 4. The fraction of sp³-hybridized carbons (Fsp3) is 0.559. The number of rotatable bonds is 11. The number of likely N-dealkylation sites (tertiary alicyclic amines) is 1. The zero-order valence-corrected chi connectivity index (χ0v) is 24.3. The van der Waals surface area contributed by atoms with Crippen molar-refractivity contribution in [3.63, 3.8) is 0 Å². The Morgan fingerprint density at radius 3 is 2.32 bits per heavy atom. The Hall–Kier alpha value is -2.59. The second-order valence-corrected chi connectivity index (χ2v) is 11.9. The summed E-state index contributed by atoms with van der Waals surface area (Å²) in [6.07, 6.45) is 9.13. The van der Waals surface area contributed by atoms with Gasteiger partial charge in [-0.15, -0.1) is 0 Å². The van der Waals surface area contributed by atoms with Crippen molar-refractivity contribution in [2.75, 3.05) is 26.2 Å². The molecule has 0 saturated carbocycles. The highest BCUT2D eigenvalue weighted by atomic mass is 16.5. The van der Waals surface area contributed by atoms with Crippen molar-refractivity contribution in [2.24, 2.45) is 5.41 Å². The van der Waals surface area contributed by atoms with Crippen molar-refractivity contribution < 1.29 is 14.3 Å². The van der Waals surface area contributed by atoms with Crippen molar-refractivity contribution in [1.29, 1.82) is 0 Å². The van der Waals surface area contributed by atoms with Gasteiger partial charge in [0.25, 0.3) is 0 Å². The van der Waals surface area contributed by atoms with Gasteiger partial charge in [-0.2, -0.15) is 0 Å². The Bertz CT molecular complexity index is 1110. The molecule has 38 heavy (non-hydrogen) atoms. The summed E-state index contributed by atoms with van der Waals surface area (Å²) in [5.41, 5.74) is 5.02. The van der Waals surface area contributed by atoms with E-state index in [1.165, 1.54) is 32.2 Å². The van der Waals surface area contributed by atoms with E-state index in [9.17, 15) is 4.79 Å². The average Bonchev–Trinajstić information content (AvgIpc) is 2.88. The van der Waals surface area contributed by atoms with Gasteiger partial charge in [-0.05, 0) is 85.5 Å². The van der Waals surface area contributed by atoms with Gasteiger partial charge in [0.15, 0.2) is 5.78 Å². The van der Waals surface area contributed by atoms with Crippen LogP contribution in [0.4, 0.5) is 0 Å². The molecule has 4 nitrogen and oxygen atoms in total. The van der Waals surface area contributed by atoms with Gasteiger partial charge < -0.3 is 14.4 Å². The Labute approximate surface area is 230 Å². The van der Waals surface area contributed by atoms with Crippen LogP contribution in [0.15, 0.2) is 48.2 Å². The van der Waals surface area contributed by atoms with E-state index in [2.05, 4.69) is 75.1 Å². The topological polar surface area (TPSA) is 38.8 Å². The number of carbonyl (C=O) groups excluding carboxylic acids is 1. The number of Topliss-reactive ketones (excluding diaryl/α,β-unsaturated/α-hetero) is 1. The Morgan fingerprint density at radius 2 is 1.63 bits per heavy atom. The van der Waals surface area contributed by atoms with Crippen LogP contribution in [-0.2, 0) is 9.53 Å². The average molecular weight is 518 g/mol. The van der Waals surface area contributed by atoms with Crippen LogP contribution in [0.3, 0.4) is 0 Å². The number of hydrogen-bond donors (Lipinski definition) is 0. The number of carbonyl (C=O) groups is 1. The van der Waals surface area contributed by atoms with Crippen molar-refractivity contribution >= 4 is 11.4 Å². The molecular weight excluding hydrogens is 470 g/mol. The zero-order chi connectivity index (χ0) is 27.1. The van der Waals surface area contributed by atoms with Crippen molar-refractivity contribution in [3.8, 4) is 16.9 Å². The minimum absolute atomic E-state index is 0.0717. The number of nitrogens with zero attached hydrogens (tertiary/aromatic N) is 1. The molecule has 1 saturated heterocycles. The van der Waals surface area contributed by atoms with Gasteiger partial charge in [0.05, 0.1) is 12.2 Å². The van der Waals surface area contributed by atoms with Crippen molar-refractivity contribution in [3.05, 3.63) is 59.4 Å². The van der Waals surface area contributed by atoms with E-state index in [0.29, 0.717) is 19.1 Å². The highest BCUT2D eigenvalue weighted by Gasteiger charge is 2.35. The van der Waals surface area contributed by atoms with Gasteiger partial charge in [-0.25, -0.2) is 0 Å². The van der Waals surface area contributed by atoms with Crippen molar-refractivity contribution in [1.82, 2.24) is 4.90 Å². The molecule has 2 aromatic carbocycles. The first kappa shape index (κ1) is 28.4. The molecule has 0 aromatic heterocycles. The number of allylic oxidation sites excluding steroid dienone is 2. The summed E-state index contributed by atoms with van der Waals surface area (Å²) in [6, 6.07) is 14.9. The monoisotopic (exact) mass is 517 g/mol. The quantitative estimate of drug-likeness (QED) is 0.281. The van der Waals surface area contributed by atoms with Gasteiger partial charge in [0.1, 0.15) is 17.6 Å². The number of piperidine rings is 1. The Balaban J connectivity index is 1.43. The molecule has 206 valence electrons. The first-order chi connectivity index (χ1) is 18.3. The fourth-order valence-electron chi connectivity index (χ4n) is 5.86. The molecule has 4 rings (SSSR count). The maximum atomic E-state index is 13.3. The van der Waals surface area contributed by atoms with E-state index < -0.39 is 0 Å². The molecule has 0 amide bonds. The minimum atomic E-state index is -0.0717. The van der Waals surface area contributed by atoms with Crippen LogP contribution < -0.4 is 4.74 Å². The number of aryl methyl sites for hydroxylation is 1. The molecule has 4 heteroatoms. The lowest BCUT2D eigenvalue weighted by molar-refractivity contribution is -0.116. The van der Waals surface area contributed by atoms with Crippen molar-refractivity contribution in [2.45, 2.75) is 92.1 Å². The summed E-state index contributed by atoms with van der Waals surface area (Å²) in [4.78, 5) is 15.9. The molecule has 2 aromatic rings. The molecule has 0 unspecified atom stereocenters. The van der Waals surface area contributed by atoms with E-state index in [4.69, 9.17) is 9.47 Å². The molecule has 0 radical (unpaired) electrons. The third-order valence-corrected chi connectivity index (χ3v) is 8.01. The maximum Gasteiger partial charge on any atom is 0.167 e. The number of ether oxygens (including phenoxy) is 2. The van der Waals surface area contributed by atoms with Gasteiger partial charge in [0, 0.05) is 25.9 Å². The molecule has 1 heterocycles. The molecule has 0 atom stereocenters. The summed E-state index contributed by atoms with van der Waals surface area (Å²) in [7, 11) is 0. The first-order valence-electron chi connectivity index (χ1n) is 14.8. The minimum Gasteiger partial charge on any atom is -0.497 e. The van der Waals surface area contributed by atoms with Gasteiger partial charge in [-0.3, -0.25) is 4.79 Å². The smallest absolute Gasteiger partial charge is 0.167 e. The second kappa shape index (κ2) is 13.0. The Kier molecular flexibility index (Phi) is 9.70. The van der Waals surface area contributed by atoms with E-state index >= 15 is 0 Å². The molecule has 1 aliphatic heterocycles. The number of unbranched alkanes of at least 4 members (excludes halogenated alkanes) is 3. The third-order valence-electron chi connectivity index (χ3n) is 8.01. The van der Waals surface area contributed by atoms with Crippen LogP contribution in [0.1, 0.15) is 90.2 Å². The van der Waals surface area contributed by atoms with Gasteiger partial charge in [0.2, 0.25) is 0 Å². The highest BCUT2D eigenvalue weighted by Crippen LogP contribution is 2.42. The Morgan fingerprint density at radius 1 is 0.921 bits per heavy atom. The molecule has 0 bridgehead atoms. The summed E-state index contributed by atoms with van der Waals surface area (Å²) < 4.78 is 12.4. The largest absolute Gasteiger partial charge is 0.497 e. The molecule has 0 N–H and O–H groups in total. The summed E-state index contributed by atoms with van der Waals surface area (Å²) >= 11 is 0. The summed E-state index contributed by atoms with van der Waals surface area (Å²) in [5, 5.41) is 0. The summed E-state index contributed by atoms with van der Waals surface area (Å²) in [5.74, 6) is 1.96. The number of ketones is 1. The van der Waals surface area contributed by atoms with E-state index in [1.54, 1.807) is 0 Å². The second-order valence-electron chi connectivity index (χ2n) is 11.9. The van der Waals surface area contributed by atoms with Crippen LogP contribution in [0, 0.1) is 12.3 Å². The van der Waals surface area contributed by atoms with Crippen LogP contribution in [0.2, 0.25) is 0 Å². The summed E-state index contributed by atoms with van der Waals surface area (Å²) in [6.45, 7) is 14.7. The van der Waals surface area contributed by atoms with Crippen LogP contribution in [0.25, 0.3) is 16.7 Å².